The molecule has 2 heterocycles. The fourth-order valence-corrected chi connectivity index (χ4v) is 2.79. The van der Waals surface area contributed by atoms with E-state index < -0.39 is 5.97 Å². The first kappa shape index (κ1) is 16.8. The molecular formula is C18H18N2O5. The molecule has 0 aliphatic carbocycles. The van der Waals surface area contributed by atoms with Gasteiger partial charge in [-0.1, -0.05) is 12.1 Å². The van der Waals surface area contributed by atoms with Crippen molar-refractivity contribution < 1.29 is 23.9 Å². The van der Waals surface area contributed by atoms with Crippen molar-refractivity contribution in [3.8, 4) is 0 Å². The second-order valence-electron chi connectivity index (χ2n) is 5.97. The highest BCUT2D eigenvalue weighted by Gasteiger charge is 2.34. The molecule has 25 heavy (non-hydrogen) atoms. The van der Waals surface area contributed by atoms with E-state index in [0.717, 1.165) is 5.56 Å². The smallest absolute Gasteiger partial charge is 0.335 e. The number of carboxylic acids is 1. The summed E-state index contributed by atoms with van der Waals surface area (Å²) in [7, 11) is 0. The van der Waals surface area contributed by atoms with Crippen LogP contribution in [0.5, 0.6) is 0 Å². The Morgan fingerprint density at radius 2 is 2.00 bits per heavy atom. The SMILES string of the molecule is O=C(O)c1ccc(CNC(=O)C2CC(=O)N(Cc3ccco3)C2)cc1. The number of nitrogens with zero attached hydrogens (tertiary/aromatic N) is 1. The average molecular weight is 342 g/mol. The van der Waals surface area contributed by atoms with Crippen molar-refractivity contribution in [2.75, 3.05) is 6.54 Å². The zero-order valence-electron chi connectivity index (χ0n) is 13.5. The summed E-state index contributed by atoms with van der Waals surface area (Å²) >= 11 is 0. The normalized spacial score (nSPS) is 16.9. The van der Waals surface area contributed by atoms with Gasteiger partial charge >= 0.3 is 5.97 Å². The van der Waals surface area contributed by atoms with Crippen molar-refractivity contribution in [2.24, 2.45) is 5.92 Å². The van der Waals surface area contributed by atoms with E-state index in [1.807, 2.05) is 0 Å². The molecule has 0 spiro atoms. The number of carbonyl (C=O) groups excluding carboxylic acids is 2. The summed E-state index contributed by atoms with van der Waals surface area (Å²) in [5.74, 6) is -0.939. The molecule has 130 valence electrons. The molecule has 1 aliphatic rings. The Labute approximate surface area is 144 Å². The van der Waals surface area contributed by atoms with E-state index in [2.05, 4.69) is 5.32 Å². The molecule has 1 unspecified atom stereocenters. The largest absolute Gasteiger partial charge is 0.478 e. The molecule has 1 aromatic heterocycles. The third kappa shape index (κ3) is 4.06. The molecule has 0 saturated carbocycles. The van der Waals surface area contributed by atoms with Crippen molar-refractivity contribution in [3.05, 3.63) is 59.5 Å². The second kappa shape index (κ2) is 7.21. The van der Waals surface area contributed by atoms with E-state index in [-0.39, 0.29) is 29.7 Å². The van der Waals surface area contributed by atoms with E-state index in [9.17, 15) is 14.4 Å². The monoisotopic (exact) mass is 342 g/mol. The van der Waals surface area contributed by atoms with Gasteiger partial charge in [-0.05, 0) is 29.8 Å². The second-order valence-corrected chi connectivity index (χ2v) is 5.97. The topological polar surface area (TPSA) is 99.8 Å². The van der Waals surface area contributed by atoms with Gasteiger partial charge in [-0.25, -0.2) is 4.79 Å². The highest BCUT2D eigenvalue weighted by molar-refractivity contribution is 5.89. The molecule has 1 atom stereocenters. The molecule has 2 aromatic rings. The third-order valence-electron chi connectivity index (χ3n) is 4.18. The maximum Gasteiger partial charge on any atom is 0.335 e. The summed E-state index contributed by atoms with van der Waals surface area (Å²) < 4.78 is 5.24. The number of hydrogen-bond acceptors (Lipinski definition) is 4. The number of aromatic carboxylic acids is 1. The van der Waals surface area contributed by atoms with Gasteiger partial charge in [0.1, 0.15) is 5.76 Å². The van der Waals surface area contributed by atoms with Crippen LogP contribution in [0.2, 0.25) is 0 Å². The molecule has 7 heteroatoms. The Bertz CT molecular complexity index is 767. The van der Waals surface area contributed by atoms with Gasteiger partial charge in [0.15, 0.2) is 0 Å². The van der Waals surface area contributed by atoms with Crippen LogP contribution in [0.3, 0.4) is 0 Å². The quantitative estimate of drug-likeness (QED) is 0.831. The molecule has 2 amide bonds. The van der Waals surface area contributed by atoms with Crippen molar-refractivity contribution in [1.29, 1.82) is 0 Å². The summed E-state index contributed by atoms with van der Waals surface area (Å²) in [6.45, 7) is 1.02. The van der Waals surface area contributed by atoms with Gasteiger partial charge in [-0.15, -0.1) is 0 Å². The standard InChI is InChI=1S/C18H18N2O5/c21-16-8-14(10-20(16)11-15-2-1-7-25-15)17(22)19-9-12-3-5-13(6-4-12)18(23)24/h1-7,14H,8-11H2,(H,19,22)(H,23,24). The number of furan rings is 1. The number of benzene rings is 1. The van der Waals surface area contributed by atoms with Gasteiger partial charge in [0, 0.05) is 19.5 Å². The van der Waals surface area contributed by atoms with Gasteiger partial charge < -0.3 is 19.7 Å². The lowest BCUT2D eigenvalue weighted by Crippen LogP contribution is -2.32. The molecule has 1 aliphatic heterocycles. The Kier molecular flexibility index (Phi) is 4.83. The third-order valence-corrected chi connectivity index (χ3v) is 4.18. The molecule has 0 bridgehead atoms. The number of rotatable bonds is 6. The number of carbonyl (C=O) groups is 3. The van der Waals surface area contributed by atoms with Gasteiger partial charge in [0.2, 0.25) is 11.8 Å². The van der Waals surface area contributed by atoms with Crippen LogP contribution in [0.4, 0.5) is 0 Å². The van der Waals surface area contributed by atoms with Crippen molar-refractivity contribution >= 4 is 17.8 Å². The number of hydrogen-bond donors (Lipinski definition) is 2. The van der Waals surface area contributed by atoms with Crippen LogP contribution >= 0.6 is 0 Å². The lowest BCUT2D eigenvalue weighted by Gasteiger charge is -2.15. The van der Waals surface area contributed by atoms with Crippen LogP contribution in [0.1, 0.15) is 28.1 Å². The van der Waals surface area contributed by atoms with Crippen LogP contribution in [-0.2, 0) is 22.7 Å². The average Bonchev–Trinajstić information content (AvgIpc) is 3.24. The lowest BCUT2D eigenvalue weighted by molar-refractivity contribution is -0.129. The summed E-state index contributed by atoms with van der Waals surface area (Å²) in [6, 6.07) is 9.86. The minimum absolute atomic E-state index is 0.0673. The molecule has 1 fully saturated rings. The van der Waals surface area contributed by atoms with Crippen LogP contribution in [0, 0.1) is 5.92 Å². The lowest BCUT2D eigenvalue weighted by atomic mass is 10.1. The Balaban J connectivity index is 1.51. The fraction of sp³-hybridized carbons (Fsp3) is 0.278. The number of likely N-dealkylation sites (tertiary alicyclic amines) is 1. The highest BCUT2D eigenvalue weighted by Crippen LogP contribution is 2.20. The minimum Gasteiger partial charge on any atom is -0.478 e. The summed E-state index contributed by atoms with van der Waals surface area (Å²) in [4.78, 5) is 36.7. The maximum absolute atomic E-state index is 12.3. The zero-order valence-corrected chi connectivity index (χ0v) is 13.5. The zero-order chi connectivity index (χ0) is 17.8. The summed E-state index contributed by atoms with van der Waals surface area (Å²) in [5, 5.41) is 11.7. The molecule has 1 saturated heterocycles. The van der Waals surface area contributed by atoms with Crippen LogP contribution in [-0.4, -0.2) is 34.3 Å². The predicted molar refractivity (Wildman–Crippen MR) is 87.5 cm³/mol. The van der Waals surface area contributed by atoms with Gasteiger partial charge in [-0.2, -0.15) is 0 Å². The Morgan fingerprint density at radius 1 is 1.24 bits per heavy atom. The van der Waals surface area contributed by atoms with Crippen LogP contribution in [0.25, 0.3) is 0 Å². The van der Waals surface area contributed by atoms with E-state index >= 15 is 0 Å². The molecular weight excluding hydrogens is 324 g/mol. The fourth-order valence-electron chi connectivity index (χ4n) is 2.79. The number of nitrogens with one attached hydrogen (secondary N) is 1. The van der Waals surface area contributed by atoms with Crippen LogP contribution < -0.4 is 5.32 Å². The molecule has 7 nitrogen and oxygen atoms in total. The molecule has 3 rings (SSSR count). The first-order valence-electron chi connectivity index (χ1n) is 7.93. The molecule has 1 aromatic carbocycles. The Hall–Kier alpha value is -3.09. The Morgan fingerprint density at radius 3 is 2.64 bits per heavy atom. The van der Waals surface area contributed by atoms with E-state index in [4.69, 9.17) is 9.52 Å². The summed E-state index contributed by atoms with van der Waals surface area (Å²) in [6.07, 6.45) is 1.74. The van der Waals surface area contributed by atoms with Crippen molar-refractivity contribution in [3.63, 3.8) is 0 Å². The first-order chi connectivity index (χ1) is 12.0. The predicted octanol–water partition coefficient (Wildman–Crippen LogP) is 1.64. The van der Waals surface area contributed by atoms with E-state index in [1.165, 1.54) is 12.1 Å². The highest BCUT2D eigenvalue weighted by atomic mass is 16.4. The number of amides is 2. The molecule has 0 radical (unpaired) electrons. The van der Waals surface area contributed by atoms with Crippen molar-refractivity contribution in [2.45, 2.75) is 19.5 Å². The van der Waals surface area contributed by atoms with Gasteiger partial charge in [0.25, 0.3) is 0 Å². The van der Waals surface area contributed by atoms with Gasteiger partial charge in [0.05, 0.1) is 24.3 Å². The van der Waals surface area contributed by atoms with Gasteiger partial charge in [-0.3, -0.25) is 9.59 Å². The molecule has 2 N–H and O–H groups in total. The maximum atomic E-state index is 12.3. The van der Waals surface area contributed by atoms with E-state index in [1.54, 1.807) is 35.4 Å². The number of carboxylic acid groups (broad SMARTS) is 1. The van der Waals surface area contributed by atoms with Crippen molar-refractivity contribution in [1.82, 2.24) is 10.2 Å². The first-order valence-corrected chi connectivity index (χ1v) is 7.93. The minimum atomic E-state index is -0.989. The summed E-state index contributed by atoms with van der Waals surface area (Å²) in [5.41, 5.74) is 1.00. The van der Waals surface area contributed by atoms with E-state index in [0.29, 0.717) is 25.4 Å². The van der Waals surface area contributed by atoms with Crippen LogP contribution in [0.15, 0.2) is 47.1 Å².